The number of hydrogen-bond acceptors (Lipinski definition) is 3. The number of nitrogens with one attached hydrogen (secondary N) is 1. The van der Waals surface area contributed by atoms with Crippen molar-refractivity contribution in [2.75, 3.05) is 6.54 Å². The van der Waals surface area contributed by atoms with Crippen LogP contribution in [0.1, 0.15) is 61.5 Å². The molecular formula is C21H26N4O2. The van der Waals surface area contributed by atoms with E-state index in [1.165, 1.54) is 6.42 Å². The van der Waals surface area contributed by atoms with E-state index in [1.54, 1.807) is 10.9 Å². The summed E-state index contributed by atoms with van der Waals surface area (Å²) in [7, 11) is 0. The van der Waals surface area contributed by atoms with Gasteiger partial charge in [-0.2, -0.15) is 5.10 Å². The summed E-state index contributed by atoms with van der Waals surface area (Å²) in [6.07, 6.45) is 5.83. The predicted molar refractivity (Wildman–Crippen MR) is 103 cm³/mol. The molecule has 2 amide bonds. The zero-order valence-corrected chi connectivity index (χ0v) is 15.9. The number of nitrogens with zero attached hydrogens (tertiary/aromatic N) is 3. The van der Waals surface area contributed by atoms with E-state index >= 15 is 0 Å². The number of likely N-dealkylation sites (tertiary alicyclic amines) is 1. The first-order valence-electron chi connectivity index (χ1n) is 9.81. The maximum absolute atomic E-state index is 12.9. The Morgan fingerprint density at radius 2 is 1.93 bits per heavy atom. The molecule has 142 valence electrons. The fourth-order valence-corrected chi connectivity index (χ4v) is 3.83. The summed E-state index contributed by atoms with van der Waals surface area (Å²) >= 11 is 0. The van der Waals surface area contributed by atoms with Crippen LogP contribution in [-0.4, -0.2) is 45.1 Å². The van der Waals surface area contributed by atoms with Crippen molar-refractivity contribution in [2.24, 2.45) is 0 Å². The highest BCUT2D eigenvalue weighted by atomic mass is 16.2. The lowest BCUT2D eigenvalue weighted by Crippen LogP contribution is -2.46. The zero-order chi connectivity index (χ0) is 19.0. The SMILES string of the molecule is CC(C)c1nn(-c2ccccc2)cc1C(=O)NC1CCN(C2CCC2)C1=O. The van der Waals surface area contributed by atoms with Crippen LogP contribution in [0, 0.1) is 0 Å². The van der Waals surface area contributed by atoms with E-state index in [-0.39, 0.29) is 17.7 Å². The van der Waals surface area contributed by atoms with Crippen LogP contribution in [0.3, 0.4) is 0 Å². The van der Waals surface area contributed by atoms with Crippen LogP contribution in [-0.2, 0) is 4.79 Å². The molecule has 1 atom stereocenters. The number of amides is 2. The van der Waals surface area contributed by atoms with Crippen LogP contribution in [0.5, 0.6) is 0 Å². The number of benzene rings is 1. The maximum Gasteiger partial charge on any atom is 0.255 e. The molecule has 27 heavy (non-hydrogen) atoms. The van der Waals surface area contributed by atoms with Gasteiger partial charge in [0.05, 0.1) is 16.9 Å². The van der Waals surface area contributed by atoms with Crippen LogP contribution in [0.15, 0.2) is 36.5 Å². The molecular weight excluding hydrogens is 340 g/mol. The molecule has 0 radical (unpaired) electrons. The molecule has 1 saturated carbocycles. The first-order chi connectivity index (χ1) is 13.0. The van der Waals surface area contributed by atoms with Gasteiger partial charge in [-0.1, -0.05) is 32.0 Å². The van der Waals surface area contributed by atoms with Gasteiger partial charge in [0.25, 0.3) is 5.91 Å². The fourth-order valence-electron chi connectivity index (χ4n) is 3.83. The average Bonchev–Trinajstić information content (AvgIpc) is 3.21. The van der Waals surface area contributed by atoms with Crippen molar-refractivity contribution < 1.29 is 9.59 Å². The highest BCUT2D eigenvalue weighted by molar-refractivity contribution is 5.99. The van der Waals surface area contributed by atoms with Crippen LogP contribution in [0.4, 0.5) is 0 Å². The van der Waals surface area contributed by atoms with Crippen molar-refractivity contribution in [1.29, 1.82) is 0 Å². The molecule has 2 aliphatic rings. The third-order valence-electron chi connectivity index (χ3n) is 5.62. The standard InChI is InChI=1S/C21H26N4O2/c1-14(2)19-17(13-25(23-19)16-7-4-3-5-8-16)20(26)22-18-11-12-24(21(18)27)15-9-6-10-15/h3-5,7-8,13-15,18H,6,9-12H2,1-2H3,(H,22,26). The van der Waals surface area contributed by atoms with Crippen LogP contribution < -0.4 is 5.32 Å². The summed E-state index contributed by atoms with van der Waals surface area (Å²) < 4.78 is 1.74. The molecule has 1 aromatic heterocycles. The monoisotopic (exact) mass is 366 g/mol. The smallest absolute Gasteiger partial charge is 0.255 e. The molecule has 6 heteroatoms. The number of para-hydroxylation sites is 1. The van der Waals surface area contributed by atoms with Gasteiger partial charge < -0.3 is 10.2 Å². The van der Waals surface area contributed by atoms with Gasteiger partial charge in [-0.15, -0.1) is 0 Å². The van der Waals surface area contributed by atoms with E-state index in [1.807, 2.05) is 49.1 Å². The summed E-state index contributed by atoms with van der Waals surface area (Å²) in [5.41, 5.74) is 2.20. The zero-order valence-electron chi connectivity index (χ0n) is 15.9. The predicted octanol–water partition coefficient (Wildman–Crippen LogP) is 2.88. The lowest BCUT2D eigenvalue weighted by Gasteiger charge is -2.34. The van der Waals surface area contributed by atoms with Crippen molar-refractivity contribution in [3.8, 4) is 5.69 Å². The molecule has 2 aromatic rings. The van der Waals surface area contributed by atoms with Crippen molar-refractivity contribution >= 4 is 11.8 Å². The molecule has 1 saturated heterocycles. The highest BCUT2D eigenvalue weighted by Gasteiger charge is 2.39. The number of carbonyl (C=O) groups is 2. The highest BCUT2D eigenvalue weighted by Crippen LogP contribution is 2.29. The summed E-state index contributed by atoms with van der Waals surface area (Å²) in [4.78, 5) is 27.5. The minimum Gasteiger partial charge on any atom is -0.340 e. The van der Waals surface area contributed by atoms with E-state index in [4.69, 9.17) is 0 Å². The Morgan fingerprint density at radius 1 is 1.19 bits per heavy atom. The van der Waals surface area contributed by atoms with Gasteiger partial charge in [0.1, 0.15) is 6.04 Å². The van der Waals surface area contributed by atoms with Crippen molar-refractivity contribution in [3.63, 3.8) is 0 Å². The van der Waals surface area contributed by atoms with Gasteiger partial charge in [0.2, 0.25) is 5.91 Å². The molecule has 1 N–H and O–H groups in total. The Balaban J connectivity index is 1.53. The first kappa shape index (κ1) is 17.8. The Bertz CT molecular complexity index is 839. The topological polar surface area (TPSA) is 67.2 Å². The molecule has 0 bridgehead atoms. The summed E-state index contributed by atoms with van der Waals surface area (Å²) in [5.74, 6) is -0.0363. The van der Waals surface area contributed by atoms with Crippen molar-refractivity contribution in [1.82, 2.24) is 20.0 Å². The fraction of sp³-hybridized carbons (Fsp3) is 0.476. The van der Waals surface area contributed by atoms with E-state index in [9.17, 15) is 9.59 Å². The van der Waals surface area contributed by atoms with Gasteiger partial charge in [-0.25, -0.2) is 4.68 Å². The number of rotatable bonds is 5. The van der Waals surface area contributed by atoms with Crippen molar-refractivity contribution in [2.45, 2.75) is 57.5 Å². The molecule has 4 rings (SSSR count). The van der Waals surface area contributed by atoms with Gasteiger partial charge in [-0.05, 0) is 43.7 Å². The molecule has 0 spiro atoms. The Kier molecular flexibility index (Phi) is 4.72. The van der Waals surface area contributed by atoms with Gasteiger partial charge in [0.15, 0.2) is 0 Å². The normalized spacial score (nSPS) is 20.2. The third kappa shape index (κ3) is 3.36. The summed E-state index contributed by atoms with van der Waals surface area (Å²) in [6, 6.07) is 9.70. The number of aromatic nitrogens is 2. The number of carbonyl (C=O) groups excluding carboxylic acids is 2. The Morgan fingerprint density at radius 3 is 2.56 bits per heavy atom. The Hall–Kier alpha value is -2.63. The average molecular weight is 366 g/mol. The molecule has 1 aliphatic carbocycles. The molecule has 2 fully saturated rings. The van der Waals surface area contributed by atoms with E-state index in [0.717, 1.165) is 30.8 Å². The molecule has 1 unspecified atom stereocenters. The third-order valence-corrected chi connectivity index (χ3v) is 5.62. The molecule has 6 nitrogen and oxygen atoms in total. The minimum absolute atomic E-state index is 0.0644. The molecule has 1 aromatic carbocycles. The maximum atomic E-state index is 12.9. The van der Waals surface area contributed by atoms with Gasteiger partial charge in [0, 0.05) is 18.8 Å². The van der Waals surface area contributed by atoms with Crippen LogP contribution in [0.25, 0.3) is 5.69 Å². The van der Waals surface area contributed by atoms with E-state index in [0.29, 0.717) is 18.0 Å². The van der Waals surface area contributed by atoms with Crippen LogP contribution >= 0.6 is 0 Å². The van der Waals surface area contributed by atoms with E-state index in [2.05, 4.69) is 10.4 Å². The summed E-state index contributed by atoms with van der Waals surface area (Å²) in [5, 5.41) is 7.58. The first-order valence-corrected chi connectivity index (χ1v) is 9.81. The molecule has 1 aliphatic heterocycles. The summed E-state index contributed by atoms with van der Waals surface area (Å²) in [6.45, 7) is 4.79. The second-order valence-corrected chi connectivity index (χ2v) is 7.79. The number of hydrogen-bond donors (Lipinski definition) is 1. The second kappa shape index (κ2) is 7.18. The van der Waals surface area contributed by atoms with Gasteiger partial charge in [-0.3, -0.25) is 9.59 Å². The lowest BCUT2D eigenvalue weighted by molar-refractivity contribution is -0.132. The second-order valence-electron chi connectivity index (χ2n) is 7.79. The van der Waals surface area contributed by atoms with E-state index < -0.39 is 6.04 Å². The van der Waals surface area contributed by atoms with Crippen LogP contribution in [0.2, 0.25) is 0 Å². The lowest BCUT2D eigenvalue weighted by atomic mass is 9.92. The largest absolute Gasteiger partial charge is 0.340 e. The minimum atomic E-state index is -0.418. The Labute approximate surface area is 159 Å². The van der Waals surface area contributed by atoms with Crippen molar-refractivity contribution in [3.05, 3.63) is 47.8 Å². The molecule has 2 heterocycles. The quantitative estimate of drug-likeness (QED) is 0.885. The van der Waals surface area contributed by atoms with Gasteiger partial charge >= 0.3 is 0 Å².